The van der Waals surface area contributed by atoms with Crippen LogP contribution in [0, 0.1) is 0 Å². The minimum Gasteiger partial charge on any atom is -0.504 e. The third-order valence-corrected chi connectivity index (χ3v) is 5.28. The number of benzene rings is 1. The number of aromatic hydroxyl groups is 1. The summed E-state index contributed by atoms with van der Waals surface area (Å²) in [6.45, 7) is 8.46. The Bertz CT molecular complexity index is 884. The van der Waals surface area contributed by atoms with Crippen molar-refractivity contribution in [3.8, 4) is 17.2 Å². The topological polar surface area (TPSA) is 113 Å². The summed E-state index contributed by atoms with van der Waals surface area (Å²) in [4.78, 5) is 31.4. The Morgan fingerprint density at radius 3 is 2.50 bits per heavy atom. The maximum absolute atomic E-state index is 12.6. The van der Waals surface area contributed by atoms with E-state index in [2.05, 4.69) is 41.3 Å². The molecule has 1 aromatic carbocycles. The summed E-state index contributed by atoms with van der Waals surface area (Å²) in [5, 5.41) is 17.2. The van der Waals surface area contributed by atoms with Gasteiger partial charge in [-0.15, -0.1) is 11.3 Å². The van der Waals surface area contributed by atoms with Crippen molar-refractivity contribution in [3.63, 3.8) is 0 Å². The molecule has 30 heavy (non-hydrogen) atoms. The summed E-state index contributed by atoms with van der Waals surface area (Å²) in [7, 11) is 2.78. The summed E-state index contributed by atoms with van der Waals surface area (Å²) in [5.41, 5.74) is 0.403. The molecule has 1 heterocycles. The third-order valence-electron chi connectivity index (χ3n) is 4.52. The van der Waals surface area contributed by atoms with Crippen LogP contribution in [0.15, 0.2) is 17.5 Å². The number of rotatable bonds is 10. The van der Waals surface area contributed by atoms with Gasteiger partial charge in [0.1, 0.15) is 11.4 Å². The van der Waals surface area contributed by atoms with Crippen LogP contribution < -0.4 is 20.1 Å². The zero-order valence-corrected chi connectivity index (χ0v) is 18.6. The smallest absolute Gasteiger partial charge is 0.270 e. The third kappa shape index (κ3) is 5.83. The molecular formula is C20H28N4O5S. The lowest BCUT2D eigenvalue weighted by molar-refractivity contribution is 0.0940. The number of amides is 2. The van der Waals surface area contributed by atoms with Crippen molar-refractivity contribution in [1.82, 2.24) is 15.2 Å². The summed E-state index contributed by atoms with van der Waals surface area (Å²) >= 11 is 1.14. The number of anilines is 1. The fraction of sp³-hybridized carbons (Fsp3) is 0.450. The van der Waals surface area contributed by atoms with Crippen LogP contribution in [0.1, 0.15) is 41.6 Å². The Balaban J connectivity index is 2.01. The number of thiazole rings is 1. The number of nitrogens with one attached hydrogen (secondary N) is 2. The minimum atomic E-state index is -0.498. The maximum Gasteiger partial charge on any atom is 0.270 e. The summed E-state index contributed by atoms with van der Waals surface area (Å²) in [6, 6.07) is 3.08. The average molecular weight is 437 g/mol. The van der Waals surface area contributed by atoms with Crippen molar-refractivity contribution >= 4 is 28.3 Å². The first-order chi connectivity index (χ1) is 14.3. The van der Waals surface area contributed by atoms with E-state index in [0.717, 1.165) is 24.4 Å². The summed E-state index contributed by atoms with van der Waals surface area (Å²) < 4.78 is 10.2. The zero-order chi connectivity index (χ0) is 22.3. The molecule has 0 unspecified atom stereocenters. The van der Waals surface area contributed by atoms with E-state index in [9.17, 15) is 14.7 Å². The second-order valence-electron chi connectivity index (χ2n) is 6.69. The van der Waals surface area contributed by atoms with Crippen molar-refractivity contribution in [1.29, 1.82) is 0 Å². The average Bonchev–Trinajstić information content (AvgIpc) is 3.18. The number of hydrogen-bond acceptors (Lipinski definition) is 8. The lowest BCUT2D eigenvalue weighted by Crippen LogP contribution is -2.38. The molecule has 1 aromatic heterocycles. The predicted molar refractivity (Wildman–Crippen MR) is 116 cm³/mol. The van der Waals surface area contributed by atoms with Crippen molar-refractivity contribution in [2.75, 3.05) is 39.2 Å². The van der Waals surface area contributed by atoms with E-state index >= 15 is 0 Å². The Morgan fingerprint density at radius 1 is 1.20 bits per heavy atom. The van der Waals surface area contributed by atoms with Gasteiger partial charge in [-0.05, 0) is 20.4 Å². The molecule has 164 valence electrons. The van der Waals surface area contributed by atoms with Gasteiger partial charge in [-0.2, -0.15) is 0 Å². The van der Waals surface area contributed by atoms with Gasteiger partial charge in [-0.1, -0.05) is 6.92 Å². The van der Waals surface area contributed by atoms with Crippen LogP contribution in [0.2, 0.25) is 0 Å². The Labute approximate surface area is 180 Å². The van der Waals surface area contributed by atoms with Gasteiger partial charge in [0.05, 0.1) is 19.8 Å². The van der Waals surface area contributed by atoms with Crippen LogP contribution in [-0.4, -0.2) is 66.7 Å². The van der Waals surface area contributed by atoms with Crippen LogP contribution in [0.4, 0.5) is 5.13 Å². The molecule has 0 saturated carbocycles. The molecule has 0 fully saturated rings. The highest BCUT2D eigenvalue weighted by molar-refractivity contribution is 7.14. The maximum atomic E-state index is 12.6. The van der Waals surface area contributed by atoms with E-state index in [1.807, 2.05) is 0 Å². The quantitative estimate of drug-likeness (QED) is 0.525. The molecule has 0 atom stereocenters. The monoisotopic (exact) mass is 436 g/mol. The number of hydrogen-bond donors (Lipinski definition) is 3. The lowest BCUT2D eigenvalue weighted by Gasteiger charge is -2.24. The Morgan fingerprint density at radius 2 is 1.90 bits per heavy atom. The predicted octanol–water partition coefficient (Wildman–Crippen LogP) is 2.58. The Hall–Kier alpha value is -2.85. The number of aromatic nitrogens is 1. The molecule has 3 N–H and O–H groups in total. The minimum absolute atomic E-state index is 0.141. The van der Waals surface area contributed by atoms with E-state index in [1.54, 1.807) is 5.38 Å². The van der Waals surface area contributed by atoms with Crippen LogP contribution in [0.25, 0.3) is 0 Å². The molecule has 2 rings (SSSR count). The molecule has 2 aromatic rings. The molecule has 0 aliphatic rings. The summed E-state index contributed by atoms with van der Waals surface area (Å²) in [5.74, 6) is -0.607. The zero-order valence-electron chi connectivity index (χ0n) is 17.8. The number of carbonyl (C=O) groups is 2. The van der Waals surface area contributed by atoms with Crippen LogP contribution >= 0.6 is 11.3 Å². The number of carbonyl (C=O) groups excluding carboxylic acids is 2. The molecule has 0 spiro atoms. The first kappa shape index (κ1) is 23.4. The summed E-state index contributed by atoms with van der Waals surface area (Å²) in [6.07, 6.45) is 0. The SMILES string of the molecule is CCN(CCNC(=O)c1csc(NC(=O)c2cc(OC)c(O)cc2OC)n1)C(C)C. The van der Waals surface area contributed by atoms with E-state index in [-0.39, 0.29) is 39.5 Å². The number of phenolic OH excluding ortho intramolecular Hbond substituents is 1. The van der Waals surface area contributed by atoms with Gasteiger partial charge < -0.3 is 19.9 Å². The molecular weight excluding hydrogens is 408 g/mol. The molecule has 0 aliphatic carbocycles. The van der Waals surface area contributed by atoms with Gasteiger partial charge in [-0.3, -0.25) is 19.8 Å². The highest BCUT2D eigenvalue weighted by Gasteiger charge is 2.19. The van der Waals surface area contributed by atoms with Crippen molar-refractivity contribution < 1.29 is 24.2 Å². The number of phenols is 1. The Kier molecular flexibility index (Phi) is 8.43. The standard InChI is InChI=1S/C20H28N4O5S/c1-6-24(12(2)3)8-7-21-19(27)14-11-30-20(22-14)23-18(26)13-9-17(29-5)15(25)10-16(13)28-4/h9-12,25H,6-8H2,1-5H3,(H,21,27)(H,22,23,26). The van der Waals surface area contributed by atoms with Crippen LogP contribution in [0.5, 0.6) is 17.2 Å². The highest BCUT2D eigenvalue weighted by atomic mass is 32.1. The van der Waals surface area contributed by atoms with Gasteiger partial charge in [0, 0.05) is 36.6 Å². The van der Waals surface area contributed by atoms with Crippen LogP contribution in [-0.2, 0) is 0 Å². The molecule has 0 radical (unpaired) electrons. The molecule has 0 bridgehead atoms. The van der Waals surface area contributed by atoms with Gasteiger partial charge in [0.25, 0.3) is 11.8 Å². The molecule has 9 nitrogen and oxygen atoms in total. The van der Waals surface area contributed by atoms with Crippen molar-refractivity contribution in [3.05, 3.63) is 28.8 Å². The number of ether oxygens (including phenoxy) is 2. The van der Waals surface area contributed by atoms with Gasteiger partial charge >= 0.3 is 0 Å². The number of methoxy groups -OCH3 is 2. The first-order valence-electron chi connectivity index (χ1n) is 9.54. The number of likely N-dealkylation sites (N-methyl/N-ethyl adjacent to an activating group) is 1. The van der Waals surface area contributed by atoms with Crippen LogP contribution in [0.3, 0.4) is 0 Å². The second kappa shape index (κ2) is 10.8. The molecule has 10 heteroatoms. The van der Waals surface area contributed by atoms with E-state index in [0.29, 0.717) is 12.6 Å². The normalized spacial score (nSPS) is 10.9. The molecule has 2 amide bonds. The second-order valence-corrected chi connectivity index (χ2v) is 7.55. The lowest BCUT2D eigenvalue weighted by atomic mass is 10.1. The van der Waals surface area contributed by atoms with Gasteiger partial charge in [0.2, 0.25) is 0 Å². The fourth-order valence-electron chi connectivity index (χ4n) is 2.84. The van der Waals surface area contributed by atoms with E-state index < -0.39 is 5.91 Å². The first-order valence-corrected chi connectivity index (χ1v) is 10.4. The van der Waals surface area contributed by atoms with Gasteiger partial charge in [-0.25, -0.2) is 4.98 Å². The van der Waals surface area contributed by atoms with Gasteiger partial charge in [0.15, 0.2) is 16.6 Å². The van der Waals surface area contributed by atoms with Crippen molar-refractivity contribution in [2.45, 2.75) is 26.8 Å². The van der Waals surface area contributed by atoms with E-state index in [1.165, 1.54) is 26.4 Å². The molecule has 0 saturated heterocycles. The highest BCUT2D eigenvalue weighted by Crippen LogP contribution is 2.34. The number of nitrogens with zero attached hydrogens (tertiary/aromatic N) is 2. The largest absolute Gasteiger partial charge is 0.504 e. The fourth-order valence-corrected chi connectivity index (χ4v) is 3.53. The van der Waals surface area contributed by atoms with E-state index in [4.69, 9.17) is 9.47 Å². The van der Waals surface area contributed by atoms with Crippen molar-refractivity contribution in [2.24, 2.45) is 0 Å². The molecule has 0 aliphatic heterocycles.